The van der Waals surface area contributed by atoms with E-state index in [2.05, 4.69) is 4.90 Å². The number of halogens is 1. The van der Waals surface area contributed by atoms with Gasteiger partial charge in [0, 0.05) is 48.4 Å². The van der Waals surface area contributed by atoms with Gasteiger partial charge < -0.3 is 14.5 Å². The van der Waals surface area contributed by atoms with Gasteiger partial charge in [0.2, 0.25) is 5.91 Å². The monoisotopic (exact) mass is 400 g/mol. The van der Waals surface area contributed by atoms with Gasteiger partial charge in [0.15, 0.2) is 0 Å². The molecule has 1 aromatic carbocycles. The minimum Gasteiger partial charge on any atom is -0.378 e. The Bertz CT molecular complexity index is 891. The number of rotatable bonds is 6. The predicted molar refractivity (Wildman–Crippen MR) is 109 cm³/mol. The Hall–Kier alpha value is -1.92. The van der Waals surface area contributed by atoms with E-state index in [0.29, 0.717) is 56.3 Å². The van der Waals surface area contributed by atoms with E-state index in [1.54, 1.807) is 0 Å². The molecule has 1 aliphatic heterocycles. The predicted octanol–water partition coefficient (Wildman–Crippen LogP) is 3.38. The van der Waals surface area contributed by atoms with E-state index >= 15 is 0 Å². The largest absolute Gasteiger partial charge is 0.378 e. The van der Waals surface area contributed by atoms with Crippen LogP contribution < -0.4 is 4.90 Å². The molecule has 148 valence electrons. The van der Waals surface area contributed by atoms with E-state index in [4.69, 9.17) is 26.3 Å². The lowest BCUT2D eigenvalue weighted by molar-refractivity contribution is -0.135. The summed E-state index contributed by atoms with van der Waals surface area (Å²) in [7, 11) is 0. The Balaban J connectivity index is 1.43. The number of hydrogen-bond acceptors (Lipinski definition) is 5. The van der Waals surface area contributed by atoms with Crippen molar-refractivity contribution in [2.75, 3.05) is 37.7 Å². The number of fused-ring (bicyclic) bond motifs is 1. The van der Waals surface area contributed by atoms with Crippen LogP contribution in [0.4, 0.5) is 5.82 Å². The zero-order valence-corrected chi connectivity index (χ0v) is 16.7. The van der Waals surface area contributed by atoms with Crippen LogP contribution in [0.1, 0.15) is 43.8 Å². The summed E-state index contributed by atoms with van der Waals surface area (Å²) in [6.45, 7) is 3.37. The van der Waals surface area contributed by atoms with Gasteiger partial charge in [-0.15, -0.1) is 0 Å². The lowest BCUT2D eigenvalue weighted by Gasteiger charge is -2.29. The standard InChI is InChI=1S/C21H25ClN4O2/c22-15-3-6-17-18(13-15)23-20(14-1-2-14)24-21(17)26(16-4-5-16)8-7-19(27)25-9-11-28-12-10-25/h3,6,13-14,16H,1-2,4-5,7-12H2. The molecule has 2 saturated carbocycles. The van der Waals surface area contributed by atoms with Crippen LogP contribution in [0, 0.1) is 0 Å². The summed E-state index contributed by atoms with van der Waals surface area (Å²) >= 11 is 6.23. The van der Waals surface area contributed by atoms with Crippen molar-refractivity contribution in [3.05, 3.63) is 29.0 Å². The third kappa shape index (κ3) is 3.80. The van der Waals surface area contributed by atoms with E-state index in [9.17, 15) is 4.79 Å². The molecule has 1 amide bonds. The van der Waals surface area contributed by atoms with Gasteiger partial charge in [0.25, 0.3) is 0 Å². The van der Waals surface area contributed by atoms with Gasteiger partial charge >= 0.3 is 0 Å². The first-order valence-electron chi connectivity index (χ1n) is 10.3. The topological polar surface area (TPSA) is 58.6 Å². The van der Waals surface area contributed by atoms with E-state index in [0.717, 1.165) is 48.2 Å². The smallest absolute Gasteiger partial charge is 0.224 e. The number of ether oxygens (including phenoxy) is 1. The fraction of sp³-hybridized carbons (Fsp3) is 0.571. The molecule has 1 saturated heterocycles. The van der Waals surface area contributed by atoms with Gasteiger partial charge in [-0.3, -0.25) is 4.79 Å². The van der Waals surface area contributed by atoms with Crippen molar-refractivity contribution < 1.29 is 9.53 Å². The fourth-order valence-electron chi connectivity index (χ4n) is 3.88. The van der Waals surface area contributed by atoms with Crippen LogP contribution >= 0.6 is 11.6 Å². The quantitative estimate of drug-likeness (QED) is 0.744. The van der Waals surface area contributed by atoms with Gasteiger partial charge in [-0.1, -0.05) is 11.6 Å². The van der Waals surface area contributed by atoms with Crippen LogP contribution in [0.3, 0.4) is 0 Å². The normalized spacial score (nSPS) is 19.8. The number of benzene rings is 1. The third-order valence-electron chi connectivity index (χ3n) is 5.79. The van der Waals surface area contributed by atoms with Gasteiger partial charge in [0.1, 0.15) is 11.6 Å². The van der Waals surface area contributed by atoms with Crippen LogP contribution in [-0.2, 0) is 9.53 Å². The van der Waals surface area contributed by atoms with Crippen LogP contribution in [0.15, 0.2) is 18.2 Å². The zero-order chi connectivity index (χ0) is 19.1. The summed E-state index contributed by atoms with van der Waals surface area (Å²) < 4.78 is 5.36. The van der Waals surface area contributed by atoms with E-state index < -0.39 is 0 Å². The number of nitrogens with zero attached hydrogens (tertiary/aromatic N) is 4. The number of amides is 1. The van der Waals surface area contributed by atoms with Crippen LogP contribution in [0.5, 0.6) is 0 Å². The van der Waals surface area contributed by atoms with Crippen LogP contribution in [0.25, 0.3) is 10.9 Å². The molecule has 3 fully saturated rings. The first kappa shape index (κ1) is 18.1. The molecule has 2 aromatic rings. The number of morpholine rings is 1. The van der Waals surface area contributed by atoms with Crippen molar-refractivity contribution in [1.82, 2.24) is 14.9 Å². The number of aromatic nitrogens is 2. The Labute approximate surface area is 169 Å². The van der Waals surface area contributed by atoms with Crippen molar-refractivity contribution in [3.8, 4) is 0 Å². The second kappa shape index (κ2) is 7.48. The molecule has 0 unspecified atom stereocenters. The summed E-state index contributed by atoms with van der Waals surface area (Å²) in [6.07, 6.45) is 5.14. The average Bonchev–Trinajstić information content (AvgIpc) is 3.61. The van der Waals surface area contributed by atoms with E-state index in [-0.39, 0.29) is 5.91 Å². The molecule has 7 heteroatoms. The summed E-state index contributed by atoms with van der Waals surface area (Å²) in [5.74, 6) is 2.58. The summed E-state index contributed by atoms with van der Waals surface area (Å²) in [5, 5.41) is 1.72. The highest BCUT2D eigenvalue weighted by molar-refractivity contribution is 6.31. The fourth-order valence-corrected chi connectivity index (χ4v) is 4.05. The van der Waals surface area contributed by atoms with Gasteiger partial charge in [-0.25, -0.2) is 9.97 Å². The maximum Gasteiger partial charge on any atom is 0.224 e. The van der Waals surface area contributed by atoms with Gasteiger partial charge in [-0.2, -0.15) is 0 Å². The molecule has 2 aliphatic carbocycles. The first-order chi connectivity index (χ1) is 13.7. The molecule has 28 heavy (non-hydrogen) atoms. The Morgan fingerprint density at radius 2 is 1.96 bits per heavy atom. The molecular formula is C21H25ClN4O2. The maximum absolute atomic E-state index is 12.7. The highest BCUT2D eigenvalue weighted by Crippen LogP contribution is 2.41. The van der Waals surface area contributed by atoms with Crippen molar-refractivity contribution in [1.29, 1.82) is 0 Å². The molecule has 0 spiro atoms. The summed E-state index contributed by atoms with van der Waals surface area (Å²) in [5.41, 5.74) is 0.907. The van der Waals surface area contributed by atoms with Gasteiger partial charge in [-0.05, 0) is 43.9 Å². The molecular weight excluding hydrogens is 376 g/mol. The highest BCUT2D eigenvalue weighted by Gasteiger charge is 2.34. The lowest BCUT2D eigenvalue weighted by Crippen LogP contribution is -2.42. The molecule has 0 bridgehead atoms. The zero-order valence-electron chi connectivity index (χ0n) is 15.9. The Morgan fingerprint density at radius 3 is 2.68 bits per heavy atom. The highest BCUT2D eigenvalue weighted by atomic mass is 35.5. The SMILES string of the molecule is O=C(CCN(c1nc(C2CC2)nc2cc(Cl)ccc12)C1CC1)N1CCOCC1. The molecule has 0 atom stereocenters. The summed E-state index contributed by atoms with van der Waals surface area (Å²) in [6, 6.07) is 6.32. The van der Waals surface area contributed by atoms with Gasteiger partial charge in [0.05, 0.1) is 18.7 Å². The molecule has 2 heterocycles. The molecule has 1 aromatic heterocycles. The van der Waals surface area contributed by atoms with E-state index in [1.165, 1.54) is 0 Å². The molecule has 3 aliphatic rings. The minimum absolute atomic E-state index is 0.206. The number of carbonyl (C=O) groups excluding carboxylic acids is 1. The van der Waals surface area contributed by atoms with Crippen molar-refractivity contribution >= 4 is 34.2 Å². The number of hydrogen-bond donors (Lipinski definition) is 0. The first-order valence-corrected chi connectivity index (χ1v) is 10.7. The lowest BCUT2D eigenvalue weighted by atomic mass is 10.2. The third-order valence-corrected chi connectivity index (χ3v) is 6.02. The van der Waals surface area contributed by atoms with Crippen molar-refractivity contribution in [2.24, 2.45) is 0 Å². The number of carbonyl (C=O) groups is 1. The van der Waals surface area contributed by atoms with Crippen LogP contribution in [0.2, 0.25) is 5.02 Å². The molecule has 6 nitrogen and oxygen atoms in total. The summed E-state index contributed by atoms with van der Waals surface area (Å²) in [4.78, 5) is 26.7. The van der Waals surface area contributed by atoms with Crippen molar-refractivity contribution in [2.45, 2.75) is 44.1 Å². The second-order valence-electron chi connectivity index (χ2n) is 8.01. The minimum atomic E-state index is 0.206. The Kier molecular flexibility index (Phi) is 4.85. The van der Waals surface area contributed by atoms with E-state index in [1.807, 2.05) is 23.1 Å². The molecule has 5 rings (SSSR count). The van der Waals surface area contributed by atoms with Crippen molar-refractivity contribution in [3.63, 3.8) is 0 Å². The molecule has 0 radical (unpaired) electrons. The Morgan fingerprint density at radius 1 is 1.18 bits per heavy atom. The average molecular weight is 401 g/mol. The molecule has 0 N–H and O–H groups in total. The number of anilines is 1. The second-order valence-corrected chi connectivity index (χ2v) is 8.45. The van der Waals surface area contributed by atoms with Crippen LogP contribution in [-0.4, -0.2) is 59.7 Å². The maximum atomic E-state index is 12.7.